The van der Waals surface area contributed by atoms with E-state index in [1.54, 1.807) is 0 Å². The topological polar surface area (TPSA) is 12.0 Å². The summed E-state index contributed by atoms with van der Waals surface area (Å²) in [7, 11) is 2.03. The van der Waals surface area contributed by atoms with Gasteiger partial charge in [-0.25, -0.2) is 0 Å². The molecular formula is C17H16BrNS. The molecule has 0 radical (unpaired) electrons. The monoisotopic (exact) mass is 345 g/mol. The van der Waals surface area contributed by atoms with Crippen LogP contribution in [0.25, 0.3) is 10.1 Å². The van der Waals surface area contributed by atoms with Crippen molar-refractivity contribution in [3.05, 3.63) is 69.0 Å². The lowest BCUT2D eigenvalue weighted by atomic mass is 9.95. The summed E-state index contributed by atoms with van der Waals surface area (Å²) in [5.41, 5.74) is 3.97. The number of hydrogen-bond acceptors (Lipinski definition) is 2. The predicted octanol–water partition coefficient (Wildman–Crippen LogP) is 5.28. The molecule has 0 aliphatic rings. The van der Waals surface area contributed by atoms with Crippen molar-refractivity contribution in [3.63, 3.8) is 0 Å². The van der Waals surface area contributed by atoms with Crippen LogP contribution in [-0.4, -0.2) is 7.05 Å². The van der Waals surface area contributed by atoms with Gasteiger partial charge < -0.3 is 5.32 Å². The molecule has 1 nitrogen and oxygen atoms in total. The first kappa shape index (κ1) is 13.8. The second-order valence-electron chi connectivity index (χ2n) is 4.86. The molecule has 1 heterocycles. The lowest BCUT2D eigenvalue weighted by Gasteiger charge is -2.19. The molecule has 3 heteroatoms. The third-order valence-corrected chi connectivity index (χ3v) is 5.57. The van der Waals surface area contributed by atoms with Gasteiger partial charge in [-0.15, -0.1) is 11.3 Å². The highest BCUT2D eigenvalue weighted by atomic mass is 79.9. The van der Waals surface area contributed by atoms with Crippen molar-refractivity contribution in [2.24, 2.45) is 0 Å². The van der Waals surface area contributed by atoms with Crippen molar-refractivity contribution in [2.75, 3.05) is 7.05 Å². The Morgan fingerprint density at radius 1 is 1.05 bits per heavy atom. The zero-order chi connectivity index (χ0) is 14.1. The average molecular weight is 346 g/mol. The smallest absolute Gasteiger partial charge is 0.0591 e. The average Bonchev–Trinajstić information content (AvgIpc) is 2.88. The van der Waals surface area contributed by atoms with Crippen molar-refractivity contribution in [1.82, 2.24) is 5.32 Å². The van der Waals surface area contributed by atoms with E-state index in [1.165, 1.54) is 26.8 Å². The first-order valence-corrected chi connectivity index (χ1v) is 8.28. The summed E-state index contributed by atoms with van der Waals surface area (Å²) < 4.78 is 2.50. The van der Waals surface area contributed by atoms with Crippen LogP contribution >= 0.6 is 27.3 Å². The lowest BCUT2D eigenvalue weighted by Crippen LogP contribution is -2.18. The number of halogens is 1. The Morgan fingerprint density at radius 3 is 2.65 bits per heavy atom. The van der Waals surface area contributed by atoms with E-state index in [1.807, 2.05) is 18.4 Å². The Morgan fingerprint density at radius 2 is 1.85 bits per heavy atom. The second kappa shape index (κ2) is 5.68. The van der Waals surface area contributed by atoms with Gasteiger partial charge in [-0.2, -0.15) is 0 Å². The van der Waals surface area contributed by atoms with E-state index < -0.39 is 0 Å². The highest BCUT2D eigenvalue weighted by Crippen LogP contribution is 2.35. The second-order valence-corrected chi connectivity index (χ2v) is 6.63. The molecule has 0 bridgehead atoms. The molecular weight excluding hydrogens is 330 g/mol. The normalized spacial score (nSPS) is 12.8. The van der Waals surface area contributed by atoms with Crippen LogP contribution in [0.3, 0.4) is 0 Å². The SMILES string of the molecule is CNC(c1cccc(Br)c1C)c1csc2ccccc12. The molecule has 0 fully saturated rings. The molecule has 3 rings (SSSR count). The quantitative estimate of drug-likeness (QED) is 0.680. The standard InChI is InChI=1S/C17H16BrNS/c1-11-12(7-5-8-15(11)18)17(19-2)14-10-20-16-9-4-3-6-13(14)16/h3-10,17,19H,1-2H3. The van der Waals surface area contributed by atoms with Crippen molar-refractivity contribution in [1.29, 1.82) is 0 Å². The third kappa shape index (κ3) is 2.30. The van der Waals surface area contributed by atoms with Crippen molar-refractivity contribution < 1.29 is 0 Å². The minimum atomic E-state index is 0.226. The van der Waals surface area contributed by atoms with E-state index in [0.29, 0.717) is 0 Å². The van der Waals surface area contributed by atoms with Gasteiger partial charge in [-0.3, -0.25) is 0 Å². The first-order chi connectivity index (χ1) is 9.72. The van der Waals surface area contributed by atoms with Gasteiger partial charge in [0.15, 0.2) is 0 Å². The molecule has 1 aromatic heterocycles. The zero-order valence-corrected chi connectivity index (χ0v) is 13.9. The maximum atomic E-state index is 3.63. The van der Waals surface area contributed by atoms with Crippen LogP contribution < -0.4 is 5.32 Å². The summed E-state index contributed by atoms with van der Waals surface area (Å²) in [6, 6.07) is 15.2. The number of benzene rings is 2. The lowest BCUT2D eigenvalue weighted by molar-refractivity contribution is 0.694. The van der Waals surface area contributed by atoms with E-state index in [2.05, 4.69) is 76.0 Å². The van der Waals surface area contributed by atoms with Crippen LogP contribution in [0.4, 0.5) is 0 Å². The zero-order valence-electron chi connectivity index (χ0n) is 11.5. The van der Waals surface area contributed by atoms with Crippen molar-refractivity contribution in [2.45, 2.75) is 13.0 Å². The van der Waals surface area contributed by atoms with Crippen LogP contribution in [0.15, 0.2) is 52.3 Å². The summed E-state index contributed by atoms with van der Waals surface area (Å²) in [5.74, 6) is 0. The maximum absolute atomic E-state index is 3.63. The predicted molar refractivity (Wildman–Crippen MR) is 91.6 cm³/mol. The molecule has 3 aromatic rings. The molecule has 0 spiro atoms. The highest BCUT2D eigenvalue weighted by Gasteiger charge is 2.18. The molecule has 0 aliphatic heterocycles. The number of thiophene rings is 1. The summed E-state index contributed by atoms with van der Waals surface area (Å²) in [6.07, 6.45) is 0. The summed E-state index contributed by atoms with van der Waals surface area (Å²) in [6.45, 7) is 2.16. The third-order valence-electron chi connectivity index (χ3n) is 3.73. The molecule has 0 amide bonds. The van der Waals surface area contributed by atoms with E-state index in [-0.39, 0.29) is 6.04 Å². The Balaban J connectivity index is 2.17. The van der Waals surface area contributed by atoms with Gasteiger partial charge >= 0.3 is 0 Å². The molecule has 102 valence electrons. The number of nitrogens with one attached hydrogen (secondary N) is 1. The molecule has 1 N–H and O–H groups in total. The van der Waals surface area contributed by atoms with E-state index in [0.717, 1.165) is 4.47 Å². The van der Waals surface area contributed by atoms with Gasteiger partial charge in [0.05, 0.1) is 6.04 Å². The molecule has 0 aliphatic carbocycles. The van der Waals surface area contributed by atoms with Crippen LogP contribution in [-0.2, 0) is 0 Å². The Hall–Kier alpha value is -1.16. The van der Waals surface area contributed by atoms with Crippen LogP contribution in [0.2, 0.25) is 0 Å². The molecule has 1 atom stereocenters. The Bertz CT molecular complexity index is 748. The minimum absolute atomic E-state index is 0.226. The van der Waals surface area contributed by atoms with Crippen LogP contribution in [0, 0.1) is 6.92 Å². The fourth-order valence-corrected chi connectivity index (χ4v) is 4.01. The van der Waals surface area contributed by atoms with Crippen molar-refractivity contribution in [3.8, 4) is 0 Å². The van der Waals surface area contributed by atoms with E-state index >= 15 is 0 Å². The fourth-order valence-electron chi connectivity index (χ4n) is 2.64. The number of hydrogen-bond donors (Lipinski definition) is 1. The van der Waals surface area contributed by atoms with Gasteiger partial charge in [0.2, 0.25) is 0 Å². The molecule has 20 heavy (non-hydrogen) atoms. The summed E-state index contributed by atoms with van der Waals surface area (Å²) in [4.78, 5) is 0. The van der Waals surface area contributed by atoms with E-state index in [4.69, 9.17) is 0 Å². The van der Waals surface area contributed by atoms with Gasteiger partial charge in [0, 0.05) is 9.17 Å². The molecule has 2 aromatic carbocycles. The first-order valence-electron chi connectivity index (χ1n) is 6.60. The molecule has 0 saturated carbocycles. The molecule has 0 saturated heterocycles. The van der Waals surface area contributed by atoms with Gasteiger partial charge in [-0.05, 0) is 53.6 Å². The Labute approximate surface area is 131 Å². The van der Waals surface area contributed by atoms with Crippen LogP contribution in [0.5, 0.6) is 0 Å². The van der Waals surface area contributed by atoms with Crippen molar-refractivity contribution >= 4 is 37.4 Å². The maximum Gasteiger partial charge on any atom is 0.0591 e. The highest BCUT2D eigenvalue weighted by molar-refractivity contribution is 9.10. The summed E-state index contributed by atoms with van der Waals surface area (Å²) in [5, 5.41) is 7.08. The largest absolute Gasteiger partial charge is 0.309 e. The van der Waals surface area contributed by atoms with E-state index in [9.17, 15) is 0 Å². The Kier molecular flexibility index (Phi) is 3.92. The number of rotatable bonds is 3. The van der Waals surface area contributed by atoms with Gasteiger partial charge in [-0.1, -0.05) is 46.3 Å². The van der Waals surface area contributed by atoms with Gasteiger partial charge in [0.25, 0.3) is 0 Å². The number of fused-ring (bicyclic) bond motifs is 1. The minimum Gasteiger partial charge on any atom is -0.309 e. The summed E-state index contributed by atoms with van der Waals surface area (Å²) >= 11 is 5.44. The van der Waals surface area contributed by atoms with Gasteiger partial charge in [0.1, 0.15) is 0 Å². The molecule has 1 unspecified atom stereocenters. The van der Waals surface area contributed by atoms with Crippen LogP contribution in [0.1, 0.15) is 22.7 Å². The fraction of sp³-hybridized carbons (Fsp3) is 0.176.